The molecule has 3 aromatic rings. The Kier molecular flexibility index (Phi) is 5.89. The van der Waals surface area contributed by atoms with Gasteiger partial charge >= 0.3 is 0 Å². The molecule has 1 aliphatic heterocycles. The van der Waals surface area contributed by atoms with Gasteiger partial charge in [0.05, 0.1) is 17.9 Å². The Labute approximate surface area is 179 Å². The van der Waals surface area contributed by atoms with Gasteiger partial charge in [0.2, 0.25) is 5.91 Å². The van der Waals surface area contributed by atoms with Crippen molar-refractivity contribution < 1.29 is 4.79 Å². The first-order valence-electron chi connectivity index (χ1n) is 10.00. The lowest BCUT2D eigenvalue weighted by molar-refractivity contribution is -0.129. The van der Waals surface area contributed by atoms with Crippen molar-refractivity contribution in [2.24, 2.45) is 7.05 Å². The molecule has 1 saturated heterocycles. The van der Waals surface area contributed by atoms with Gasteiger partial charge in [-0.15, -0.1) is 11.3 Å². The van der Waals surface area contributed by atoms with Crippen molar-refractivity contribution in [1.82, 2.24) is 29.6 Å². The Hall–Kier alpha value is -3.07. The first-order valence-corrected chi connectivity index (χ1v) is 10.9. The van der Waals surface area contributed by atoms with Crippen LogP contribution in [0.5, 0.6) is 0 Å². The fourth-order valence-corrected chi connectivity index (χ4v) is 4.27. The van der Waals surface area contributed by atoms with Crippen LogP contribution in [-0.2, 0) is 11.8 Å². The summed E-state index contributed by atoms with van der Waals surface area (Å²) in [6.07, 6.45) is 9.91. The second-order valence-electron chi connectivity index (χ2n) is 7.50. The largest absolute Gasteiger partial charge is 0.329 e. The van der Waals surface area contributed by atoms with Crippen molar-refractivity contribution in [2.75, 3.05) is 11.9 Å². The molecular formula is C21H25N7OS. The van der Waals surface area contributed by atoms with Crippen molar-refractivity contribution >= 4 is 34.3 Å². The number of nitrogens with one attached hydrogen (secondary N) is 1. The molecule has 0 aliphatic carbocycles. The summed E-state index contributed by atoms with van der Waals surface area (Å²) in [4.78, 5) is 28.7. The van der Waals surface area contributed by atoms with Gasteiger partial charge in [0.1, 0.15) is 5.82 Å². The molecule has 1 amide bonds. The number of rotatable bonds is 5. The Morgan fingerprint density at radius 3 is 2.83 bits per heavy atom. The number of amides is 1. The van der Waals surface area contributed by atoms with E-state index in [0.29, 0.717) is 18.2 Å². The van der Waals surface area contributed by atoms with Crippen LogP contribution in [0.4, 0.5) is 10.9 Å². The van der Waals surface area contributed by atoms with Crippen molar-refractivity contribution in [3.8, 4) is 0 Å². The summed E-state index contributed by atoms with van der Waals surface area (Å²) in [6.45, 7) is 4.61. The minimum atomic E-state index is -0.136. The molecule has 8 nitrogen and oxygen atoms in total. The van der Waals surface area contributed by atoms with Crippen LogP contribution in [0.3, 0.4) is 0 Å². The number of aromatic nitrogens is 5. The van der Waals surface area contributed by atoms with Gasteiger partial charge < -0.3 is 10.2 Å². The molecule has 9 heteroatoms. The minimum absolute atomic E-state index is 0.0290. The number of anilines is 2. The van der Waals surface area contributed by atoms with Crippen LogP contribution < -0.4 is 5.32 Å². The van der Waals surface area contributed by atoms with Crippen molar-refractivity contribution in [3.05, 3.63) is 52.7 Å². The number of piperidine rings is 1. The monoisotopic (exact) mass is 423 g/mol. The predicted molar refractivity (Wildman–Crippen MR) is 117 cm³/mol. The molecule has 1 N–H and O–H groups in total. The lowest BCUT2D eigenvalue weighted by atomic mass is 10.0. The summed E-state index contributed by atoms with van der Waals surface area (Å²) in [5.41, 5.74) is 2.73. The van der Waals surface area contributed by atoms with Crippen LogP contribution in [0.25, 0.3) is 6.08 Å². The molecule has 1 fully saturated rings. The second kappa shape index (κ2) is 8.74. The van der Waals surface area contributed by atoms with Crippen LogP contribution >= 0.6 is 11.3 Å². The Bertz CT molecular complexity index is 1070. The number of carbonyl (C=O) groups is 1. The van der Waals surface area contributed by atoms with Crippen LogP contribution in [0.1, 0.15) is 48.1 Å². The fourth-order valence-electron chi connectivity index (χ4n) is 3.58. The van der Waals surface area contributed by atoms with Crippen LogP contribution in [0.15, 0.2) is 29.9 Å². The number of likely N-dealkylation sites (tertiary alicyclic amines) is 1. The normalized spacial score (nSPS) is 16.9. The highest BCUT2D eigenvalue weighted by Gasteiger charge is 2.29. The van der Waals surface area contributed by atoms with Gasteiger partial charge in [-0.2, -0.15) is 5.10 Å². The molecule has 1 aliphatic rings. The Morgan fingerprint density at radius 2 is 2.10 bits per heavy atom. The Balaban J connectivity index is 1.55. The average molecular weight is 424 g/mol. The third-order valence-corrected chi connectivity index (χ3v) is 5.83. The highest BCUT2D eigenvalue weighted by Crippen LogP contribution is 2.30. The number of aryl methyl sites for hydroxylation is 3. The molecule has 0 bridgehead atoms. The van der Waals surface area contributed by atoms with Gasteiger partial charge in [-0.05, 0) is 39.2 Å². The fraction of sp³-hybridized carbons (Fsp3) is 0.381. The maximum absolute atomic E-state index is 13.0. The summed E-state index contributed by atoms with van der Waals surface area (Å²) in [6, 6.07) is 1.76. The van der Waals surface area contributed by atoms with Gasteiger partial charge in [0, 0.05) is 48.6 Å². The first kappa shape index (κ1) is 20.2. The van der Waals surface area contributed by atoms with E-state index in [1.54, 1.807) is 34.4 Å². The van der Waals surface area contributed by atoms with Crippen LogP contribution in [0.2, 0.25) is 0 Å². The summed E-state index contributed by atoms with van der Waals surface area (Å²) >= 11 is 1.54. The van der Waals surface area contributed by atoms with Gasteiger partial charge in [-0.3, -0.25) is 9.48 Å². The van der Waals surface area contributed by atoms with Crippen LogP contribution in [0, 0.1) is 13.8 Å². The van der Waals surface area contributed by atoms with Gasteiger partial charge in [0.15, 0.2) is 11.0 Å². The molecule has 30 heavy (non-hydrogen) atoms. The summed E-state index contributed by atoms with van der Waals surface area (Å²) in [5.74, 6) is 1.35. The van der Waals surface area contributed by atoms with E-state index in [2.05, 4.69) is 20.4 Å². The van der Waals surface area contributed by atoms with E-state index < -0.39 is 0 Å². The molecule has 4 heterocycles. The predicted octanol–water partition coefficient (Wildman–Crippen LogP) is 3.79. The summed E-state index contributed by atoms with van der Waals surface area (Å²) < 4.78 is 1.72. The molecule has 0 saturated carbocycles. The molecule has 1 atom stereocenters. The smallest absolute Gasteiger partial charge is 0.247 e. The van der Waals surface area contributed by atoms with E-state index in [9.17, 15) is 4.79 Å². The van der Waals surface area contributed by atoms with Gasteiger partial charge in [0.25, 0.3) is 0 Å². The second-order valence-corrected chi connectivity index (χ2v) is 8.35. The number of nitrogens with zero attached hydrogens (tertiary/aromatic N) is 6. The van der Waals surface area contributed by atoms with Crippen LogP contribution in [-0.4, -0.2) is 42.1 Å². The van der Waals surface area contributed by atoms with E-state index in [4.69, 9.17) is 4.98 Å². The van der Waals surface area contributed by atoms with E-state index in [0.717, 1.165) is 41.3 Å². The van der Waals surface area contributed by atoms with E-state index >= 15 is 0 Å². The first-order chi connectivity index (χ1) is 14.5. The average Bonchev–Trinajstić information content (AvgIpc) is 3.33. The molecule has 0 aromatic carbocycles. The standard InChI is InChI=1S/C21H25N7OS/c1-14-10-18(26-21-24-15(2)13-30-21)25-20(23-14)17-6-4-5-9-28(17)19(29)8-7-16-11-22-27(3)12-16/h7-8,10-13,17H,4-6,9H2,1-3H3,(H,23,24,25,26)/b8-7+/t17-/m1/s1. The lowest BCUT2D eigenvalue weighted by Gasteiger charge is -2.34. The lowest BCUT2D eigenvalue weighted by Crippen LogP contribution is -2.38. The number of hydrogen-bond donors (Lipinski definition) is 1. The number of carbonyl (C=O) groups excluding carboxylic acids is 1. The number of hydrogen-bond acceptors (Lipinski definition) is 7. The molecule has 3 aromatic heterocycles. The molecular weight excluding hydrogens is 398 g/mol. The quantitative estimate of drug-likeness (QED) is 0.628. The van der Waals surface area contributed by atoms with E-state index in [1.165, 1.54) is 0 Å². The highest BCUT2D eigenvalue weighted by molar-refractivity contribution is 7.13. The SMILES string of the molecule is Cc1cc(Nc2nc(C)cs2)nc([C@H]2CCCCN2C(=O)/C=C/c2cnn(C)c2)n1. The summed E-state index contributed by atoms with van der Waals surface area (Å²) in [7, 11) is 1.85. The zero-order valence-electron chi connectivity index (χ0n) is 17.4. The maximum Gasteiger partial charge on any atom is 0.247 e. The topological polar surface area (TPSA) is 88.8 Å². The number of thiazole rings is 1. The zero-order chi connectivity index (χ0) is 21.1. The zero-order valence-corrected chi connectivity index (χ0v) is 18.2. The third-order valence-electron chi connectivity index (χ3n) is 4.95. The molecule has 0 unspecified atom stereocenters. The molecule has 156 valence electrons. The highest BCUT2D eigenvalue weighted by atomic mass is 32.1. The Morgan fingerprint density at radius 1 is 1.23 bits per heavy atom. The van der Waals surface area contributed by atoms with Gasteiger partial charge in [-0.25, -0.2) is 15.0 Å². The maximum atomic E-state index is 13.0. The molecule has 0 spiro atoms. The van der Waals surface area contributed by atoms with E-state index in [-0.39, 0.29) is 11.9 Å². The molecule has 0 radical (unpaired) electrons. The van der Waals surface area contributed by atoms with E-state index in [1.807, 2.05) is 43.4 Å². The third kappa shape index (κ3) is 4.73. The van der Waals surface area contributed by atoms with Crippen molar-refractivity contribution in [2.45, 2.75) is 39.2 Å². The van der Waals surface area contributed by atoms with Crippen molar-refractivity contribution in [3.63, 3.8) is 0 Å². The summed E-state index contributed by atoms with van der Waals surface area (Å²) in [5, 5.41) is 10.2. The molecule has 4 rings (SSSR count). The minimum Gasteiger partial charge on any atom is -0.329 e. The van der Waals surface area contributed by atoms with Gasteiger partial charge in [-0.1, -0.05) is 0 Å². The van der Waals surface area contributed by atoms with Crippen molar-refractivity contribution in [1.29, 1.82) is 0 Å².